The Bertz CT molecular complexity index is 720. The third kappa shape index (κ3) is 10.4. The average Bonchev–Trinajstić information content (AvgIpc) is 2.85. The number of aromatic nitrogens is 2. The minimum absolute atomic E-state index is 0.339. The first-order chi connectivity index (χ1) is 15.7. The van der Waals surface area contributed by atoms with Gasteiger partial charge in [0.05, 0.1) is 8.39 Å². The Hall–Kier alpha value is -0.120. The fraction of sp³-hybridized carbons (Fsp3) is 0.500. The van der Waals surface area contributed by atoms with Crippen LogP contribution in [0.5, 0.6) is 0 Å². The van der Waals surface area contributed by atoms with Gasteiger partial charge in [-0.1, -0.05) is 71.0 Å². The largest absolute Gasteiger partial charge is 0.264 e. The van der Waals surface area contributed by atoms with Crippen LogP contribution in [0, 0.1) is 0 Å². The summed E-state index contributed by atoms with van der Waals surface area (Å²) in [5, 5.41) is 0. The van der Waals surface area contributed by atoms with Crippen molar-refractivity contribution in [2.45, 2.75) is 50.4 Å². The molecule has 0 saturated carbocycles. The fourth-order valence-corrected chi connectivity index (χ4v) is 7.31. The molecule has 0 fully saturated rings. The van der Waals surface area contributed by atoms with Crippen molar-refractivity contribution in [3.8, 4) is 0 Å². The molecule has 2 aromatic heterocycles. The molecule has 0 saturated heterocycles. The minimum atomic E-state index is 0.339. The van der Waals surface area contributed by atoms with Crippen molar-refractivity contribution < 1.29 is 0 Å². The van der Waals surface area contributed by atoms with Gasteiger partial charge in [0.1, 0.15) is 0 Å². The number of rotatable bonds is 15. The molecule has 0 aliphatic rings. The molecule has 2 unspecified atom stereocenters. The first-order valence-electron chi connectivity index (χ1n) is 10.9. The summed E-state index contributed by atoms with van der Waals surface area (Å²) in [6.07, 6.45) is 18.8. The third-order valence-electron chi connectivity index (χ3n) is 5.17. The number of unbranched alkanes of at least 4 members (excludes halogenated alkanes) is 2. The Kier molecular flexibility index (Phi) is 15.2. The molecule has 2 heterocycles. The van der Waals surface area contributed by atoms with Gasteiger partial charge >= 0.3 is 0 Å². The van der Waals surface area contributed by atoms with E-state index in [-0.39, 0.29) is 0 Å². The molecule has 32 heavy (non-hydrogen) atoms. The summed E-state index contributed by atoms with van der Waals surface area (Å²) in [4.78, 5) is 8.54. The first kappa shape index (κ1) is 28.1. The Morgan fingerprint density at radius 3 is 1.53 bits per heavy atom. The van der Waals surface area contributed by atoms with Gasteiger partial charge in [0.25, 0.3) is 0 Å². The van der Waals surface area contributed by atoms with Crippen LogP contribution in [0.3, 0.4) is 0 Å². The minimum Gasteiger partial charge on any atom is -0.264 e. The average molecular weight is 541 g/mol. The van der Waals surface area contributed by atoms with Crippen LogP contribution in [-0.4, -0.2) is 42.4 Å². The summed E-state index contributed by atoms with van der Waals surface area (Å²) in [5.74, 6) is 3.08. The van der Waals surface area contributed by atoms with E-state index in [0.29, 0.717) is 11.8 Å². The Balaban J connectivity index is 1.58. The van der Waals surface area contributed by atoms with Crippen LogP contribution in [0.1, 0.15) is 61.5 Å². The predicted molar refractivity (Wildman–Crippen MR) is 159 cm³/mol. The standard InChI is InChI=1S/C24H32N2S6/c1-29-23(27)21(19-9-7-13-25-17-19)11-3-5-15-31-32-16-6-4-12-22(24(28)30-2)20-10-8-14-26-18-20/h7-10,13-14,17-18,21-22H,3-6,11-12,15-16H2,1-2H3. The van der Waals surface area contributed by atoms with E-state index >= 15 is 0 Å². The van der Waals surface area contributed by atoms with Gasteiger partial charge in [-0.05, 0) is 61.5 Å². The van der Waals surface area contributed by atoms with Crippen molar-refractivity contribution in [1.29, 1.82) is 0 Å². The van der Waals surface area contributed by atoms with Gasteiger partial charge < -0.3 is 0 Å². The van der Waals surface area contributed by atoms with Crippen molar-refractivity contribution in [2.24, 2.45) is 0 Å². The number of hydrogen-bond donors (Lipinski definition) is 0. The summed E-state index contributed by atoms with van der Waals surface area (Å²) >= 11 is 14.6. The monoisotopic (exact) mass is 540 g/mol. The van der Waals surface area contributed by atoms with Gasteiger partial charge in [0, 0.05) is 48.1 Å². The SMILES string of the molecule is CSC(=S)C(CCCCSSCCCCC(C(=S)SC)c1cccnc1)c1cccnc1. The highest BCUT2D eigenvalue weighted by Gasteiger charge is 2.17. The van der Waals surface area contributed by atoms with Crippen molar-refractivity contribution in [1.82, 2.24) is 9.97 Å². The maximum atomic E-state index is 5.61. The van der Waals surface area contributed by atoms with E-state index in [1.807, 2.05) is 58.5 Å². The zero-order valence-electron chi connectivity index (χ0n) is 18.8. The van der Waals surface area contributed by atoms with Crippen LogP contribution in [0.25, 0.3) is 0 Å². The molecule has 0 spiro atoms. The maximum absolute atomic E-state index is 5.61. The van der Waals surface area contributed by atoms with Crippen LogP contribution in [0.4, 0.5) is 0 Å². The van der Waals surface area contributed by atoms with Crippen molar-refractivity contribution in [2.75, 3.05) is 24.0 Å². The van der Waals surface area contributed by atoms with E-state index in [1.54, 1.807) is 23.5 Å². The van der Waals surface area contributed by atoms with Crippen LogP contribution in [-0.2, 0) is 0 Å². The number of pyridine rings is 2. The number of thioether (sulfide) groups is 2. The summed E-state index contributed by atoms with van der Waals surface area (Å²) < 4.78 is 2.15. The molecule has 0 aliphatic heterocycles. The van der Waals surface area contributed by atoms with Gasteiger partial charge in [-0.3, -0.25) is 9.97 Å². The summed E-state index contributed by atoms with van der Waals surface area (Å²) in [5.41, 5.74) is 2.50. The van der Waals surface area contributed by atoms with Crippen LogP contribution in [0.15, 0.2) is 49.1 Å². The molecule has 0 radical (unpaired) electrons. The topological polar surface area (TPSA) is 25.8 Å². The molecule has 2 aromatic rings. The molecule has 2 nitrogen and oxygen atoms in total. The second kappa shape index (κ2) is 17.3. The molecule has 0 aliphatic carbocycles. The zero-order valence-corrected chi connectivity index (χ0v) is 23.7. The lowest BCUT2D eigenvalue weighted by Crippen LogP contribution is -2.07. The number of thiocarbonyl (C=S) groups is 2. The van der Waals surface area contributed by atoms with E-state index in [4.69, 9.17) is 24.4 Å². The highest BCUT2D eigenvalue weighted by atomic mass is 33.1. The summed E-state index contributed by atoms with van der Waals surface area (Å²) in [6.45, 7) is 0. The number of nitrogens with zero attached hydrogens (tertiary/aromatic N) is 2. The van der Waals surface area contributed by atoms with Crippen molar-refractivity contribution >= 4 is 77.9 Å². The van der Waals surface area contributed by atoms with Gasteiger partial charge in [-0.2, -0.15) is 0 Å². The third-order valence-corrected chi connectivity index (χ3v) is 10.7. The van der Waals surface area contributed by atoms with Crippen LogP contribution >= 0.6 is 69.5 Å². The fourth-order valence-electron chi connectivity index (χ4n) is 3.43. The molecule has 174 valence electrons. The second-order valence-corrected chi connectivity index (χ2v) is 13.2. The van der Waals surface area contributed by atoms with Crippen LogP contribution in [0.2, 0.25) is 0 Å². The Labute approximate surface area is 221 Å². The molecular weight excluding hydrogens is 509 g/mol. The zero-order chi connectivity index (χ0) is 23.0. The smallest absolute Gasteiger partial charge is 0.0551 e. The Morgan fingerprint density at radius 1 is 0.750 bits per heavy atom. The molecule has 0 amide bonds. The van der Waals surface area contributed by atoms with Gasteiger partial charge in [-0.15, -0.1) is 23.5 Å². The van der Waals surface area contributed by atoms with Gasteiger partial charge in [0.2, 0.25) is 0 Å². The second-order valence-electron chi connectivity index (χ2n) is 7.36. The van der Waals surface area contributed by atoms with E-state index in [0.717, 1.165) is 21.2 Å². The lowest BCUT2D eigenvalue weighted by Gasteiger charge is -2.17. The van der Waals surface area contributed by atoms with Gasteiger partial charge in [-0.25, -0.2) is 0 Å². The van der Waals surface area contributed by atoms with E-state index in [2.05, 4.69) is 34.6 Å². The lowest BCUT2D eigenvalue weighted by molar-refractivity contribution is 0.694. The lowest BCUT2D eigenvalue weighted by atomic mass is 9.97. The normalized spacial score (nSPS) is 12.9. The molecule has 2 rings (SSSR count). The summed E-state index contributed by atoms with van der Waals surface area (Å²) in [7, 11) is 4.01. The van der Waals surface area contributed by atoms with E-state index in [1.165, 1.54) is 48.3 Å². The van der Waals surface area contributed by atoms with Gasteiger partial charge in [0.15, 0.2) is 0 Å². The molecule has 0 bridgehead atoms. The van der Waals surface area contributed by atoms with E-state index in [9.17, 15) is 0 Å². The highest BCUT2D eigenvalue weighted by molar-refractivity contribution is 8.76. The number of hydrogen-bond acceptors (Lipinski definition) is 8. The molecule has 8 heteroatoms. The Morgan fingerprint density at radius 2 is 1.19 bits per heavy atom. The molecular formula is C24H32N2S6. The highest BCUT2D eigenvalue weighted by Crippen LogP contribution is 2.31. The first-order valence-corrected chi connectivity index (χ1v) is 16.6. The molecule has 0 aromatic carbocycles. The molecule has 2 atom stereocenters. The maximum Gasteiger partial charge on any atom is 0.0551 e. The van der Waals surface area contributed by atoms with Crippen molar-refractivity contribution in [3.05, 3.63) is 60.2 Å². The summed E-state index contributed by atoms with van der Waals surface area (Å²) in [6, 6.07) is 8.31. The predicted octanol–water partition coefficient (Wildman–Crippen LogP) is 8.45. The molecule has 0 N–H and O–H groups in total. The van der Waals surface area contributed by atoms with Crippen molar-refractivity contribution in [3.63, 3.8) is 0 Å². The quantitative estimate of drug-likeness (QED) is 0.126. The van der Waals surface area contributed by atoms with E-state index < -0.39 is 0 Å². The van der Waals surface area contributed by atoms with Crippen LogP contribution < -0.4 is 0 Å².